The number of hydrogen-bond acceptors (Lipinski definition) is 4. The highest BCUT2D eigenvalue weighted by atomic mass is 16.5. The molecule has 0 aliphatic carbocycles. The molecule has 3 rings (SSSR count). The number of para-hydroxylation sites is 2. The molecule has 7 heteroatoms. The van der Waals surface area contributed by atoms with E-state index in [-0.39, 0.29) is 11.8 Å². The zero-order valence-corrected chi connectivity index (χ0v) is 13.0. The van der Waals surface area contributed by atoms with Gasteiger partial charge < -0.3 is 19.9 Å². The summed E-state index contributed by atoms with van der Waals surface area (Å²) in [6, 6.07) is 6.58. The second-order valence-corrected chi connectivity index (χ2v) is 5.38. The second kappa shape index (κ2) is 6.12. The van der Waals surface area contributed by atoms with Crippen LogP contribution in [0.1, 0.15) is 18.3 Å². The third-order valence-corrected chi connectivity index (χ3v) is 3.97. The van der Waals surface area contributed by atoms with Gasteiger partial charge in [-0.15, -0.1) is 0 Å². The van der Waals surface area contributed by atoms with Crippen molar-refractivity contribution in [1.82, 2.24) is 14.9 Å². The molecule has 1 aliphatic heterocycles. The van der Waals surface area contributed by atoms with Crippen molar-refractivity contribution in [1.29, 1.82) is 0 Å². The van der Waals surface area contributed by atoms with E-state index in [2.05, 4.69) is 15.3 Å². The fourth-order valence-corrected chi connectivity index (χ4v) is 2.76. The minimum absolute atomic E-state index is 0.148. The number of imidazole rings is 1. The van der Waals surface area contributed by atoms with Crippen LogP contribution in [0.5, 0.6) is 5.75 Å². The summed E-state index contributed by atoms with van der Waals surface area (Å²) < 4.78 is 5.24. The summed E-state index contributed by atoms with van der Waals surface area (Å²) in [5.41, 5.74) is 2.28. The number of methoxy groups -OCH3 is 1. The van der Waals surface area contributed by atoms with E-state index in [0.717, 1.165) is 11.4 Å². The molecule has 0 saturated heterocycles. The number of hydrogen-bond donors (Lipinski definition) is 2. The van der Waals surface area contributed by atoms with Crippen LogP contribution >= 0.6 is 0 Å². The molecule has 1 atom stereocenters. The Kier molecular flexibility index (Phi) is 4.01. The fourth-order valence-electron chi connectivity index (χ4n) is 2.76. The average Bonchev–Trinajstić information content (AvgIpc) is 3.01. The first-order valence-corrected chi connectivity index (χ1v) is 7.32. The van der Waals surface area contributed by atoms with E-state index >= 15 is 0 Å². The molecule has 2 heterocycles. The van der Waals surface area contributed by atoms with Crippen molar-refractivity contribution in [2.24, 2.45) is 0 Å². The second-order valence-electron chi connectivity index (χ2n) is 5.38. The molecule has 0 saturated carbocycles. The predicted molar refractivity (Wildman–Crippen MR) is 83.9 cm³/mol. The molecule has 1 aromatic carbocycles. The maximum Gasteiger partial charge on any atom is 0.247 e. The molecule has 0 bridgehead atoms. The van der Waals surface area contributed by atoms with E-state index in [0.29, 0.717) is 24.4 Å². The number of nitrogens with one attached hydrogen (secondary N) is 2. The minimum Gasteiger partial charge on any atom is -0.495 e. The van der Waals surface area contributed by atoms with Gasteiger partial charge in [-0.1, -0.05) is 12.1 Å². The van der Waals surface area contributed by atoms with Crippen LogP contribution in [0, 0.1) is 0 Å². The molecule has 1 aliphatic rings. The molecule has 7 nitrogen and oxygen atoms in total. The summed E-state index contributed by atoms with van der Waals surface area (Å²) in [5, 5.41) is 2.84. The number of benzene rings is 1. The van der Waals surface area contributed by atoms with Gasteiger partial charge in [-0.2, -0.15) is 0 Å². The predicted octanol–water partition coefficient (Wildman–Crippen LogP) is 1.33. The summed E-state index contributed by atoms with van der Waals surface area (Å²) in [4.78, 5) is 33.4. The number of amides is 2. The van der Waals surface area contributed by atoms with Crippen LogP contribution in [0.25, 0.3) is 0 Å². The van der Waals surface area contributed by atoms with Gasteiger partial charge in [0.1, 0.15) is 11.8 Å². The molecule has 0 fully saturated rings. The number of carbonyl (C=O) groups excluding carboxylic acids is 2. The van der Waals surface area contributed by atoms with Crippen LogP contribution in [0.15, 0.2) is 30.6 Å². The normalized spacial score (nSPS) is 16.6. The maximum atomic E-state index is 12.7. The maximum absolute atomic E-state index is 12.7. The van der Waals surface area contributed by atoms with Crippen LogP contribution in [-0.2, 0) is 22.6 Å². The number of fused-ring (bicyclic) bond motifs is 1. The number of anilines is 1. The van der Waals surface area contributed by atoms with Gasteiger partial charge in [-0.05, 0) is 12.1 Å². The number of ether oxygens (including phenoxy) is 1. The molecule has 120 valence electrons. The van der Waals surface area contributed by atoms with Crippen molar-refractivity contribution in [3.8, 4) is 5.75 Å². The Balaban J connectivity index is 1.84. The van der Waals surface area contributed by atoms with E-state index in [4.69, 9.17) is 4.74 Å². The van der Waals surface area contributed by atoms with Crippen molar-refractivity contribution < 1.29 is 14.3 Å². The SMILES string of the molecule is COc1ccccc1NC(=O)C1Cc2nc[nH]c2CN1C(C)=O. The molecule has 23 heavy (non-hydrogen) atoms. The largest absolute Gasteiger partial charge is 0.495 e. The Morgan fingerprint density at radius 3 is 2.91 bits per heavy atom. The molecule has 2 aromatic rings. The van der Waals surface area contributed by atoms with Gasteiger partial charge in [0.25, 0.3) is 0 Å². The van der Waals surface area contributed by atoms with E-state index in [1.54, 1.807) is 30.5 Å². The first-order chi connectivity index (χ1) is 11.1. The molecular weight excluding hydrogens is 296 g/mol. The summed E-state index contributed by atoms with van der Waals surface area (Å²) in [5.74, 6) is 0.176. The van der Waals surface area contributed by atoms with Gasteiger partial charge in [0.15, 0.2) is 0 Å². The van der Waals surface area contributed by atoms with E-state index < -0.39 is 6.04 Å². The van der Waals surface area contributed by atoms with Gasteiger partial charge in [0, 0.05) is 13.3 Å². The van der Waals surface area contributed by atoms with E-state index in [9.17, 15) is 9.59 Å². The Bertz CT molecular complexity index is 740. The number of carbonyl (C=O) groups is 2. The molecular formula is C16H18N4O3. The van der Waals surface area contributed by atoms with Gasteiger partial charge in [-0.25, -0.2) is 4.98 Å². The summed E-state index contributed by atoms with van der Waals surface area (Å²) >= 11 is 0. The molecule has 2 amide bonds. The monoisotopic (exact) mass is 314 g/mol. The van der Waals surface area contributed by atoms with Crippen LogP contribution in [0.4, 0.5) is 5.69 Å². The number of rotatable bonds is 3. The highest BCUT2D eigenvalue weighted by Crippen LogP contribution is 2.26. The van der Waals surface area contributed by atoms with E-state index in [1.807, 2.05) is 12.1 Å². The van der Waals surface area contributed by atoms with Crippen molar-refractivity contribution in [2.45, 2.75) is 25.9 Å². The third-order valence-electron chi connectivity index (χ3n) is 3.97. The van der Waals surface area contributed by atoms with Crippen LogP contribution in [-0.4, -0.2) is 39.8 Å². The Labute approximate surface area is 133 Å². The van der Waals surface area contributed by atoms with Crippen LogP contribution in [0.3, 0.4) is 0 Å². The lowest BCUT2D eigenvalue weighted by atomic mass is 10.0. The van der Waals surface area contributed by atoms with E-state index in [1.165, 1.54) is 6.92 Å². The number of aromatic amines is 1. The summed E-state index contributed by atoms with van der Waals surface area (Å²) in [7, 11) is 1.55. The highest BCUT2D eigenvalue weighted by molar-refractivity contribution is 5.98. The zero-order chi connectivity index (χ0) is 16.4. The first-order valence-electron chi connectivity index (χ1n) is 7.32. The van der Waals surface area contributed by atoms with Gasteiger partial charge >= 0.3 is 0 Å². The summed E-state index contributed by atoms with van der Waals surface area (Å²) in [6.07, 6.45) is 1.98. The Morgan fingerprint density at radius 1 is 1.39 bits per heavy atom. The lowest BCUT2D eigenvalue weighted by molar-refractivity contribution is -0.138. The quantitative estimate of drug-likeness (QED) is 0.895. The lowest BCUT2D eigenvalue weighted by Crippen LogP contribution is -2.50. The molecule has 0 spiro atoms. The zero-order valence-electron chi connectivity index (χ0n) is 13.0. The molecule has 1 unspecified atom stereocenters. The Morgan fingerprint density at radius 2 is 2.17 bits per heavy atom. The standard InChI is InChI=1S/C16H18N4O3/c1-10(21)20-8-13-12(17-9-18-13)7-14(20)16(22)19-11-5-3-4-6-15(11)23-2/h3-6,9,14H,7-8H2,1-2H3,(H,17,18)(H,19,22). The average molecular weight is 314 g/mol. The Hall–Kier alpha value is -2.83. The number of H-pyrrole nitrogens is 1. The lowest BCUT2D eigenvalue weighted by Gasteiger charge is -2.33. The van der Waals surface area contributed by atoms with Crippen molar-refractivity contribution in [3.63, 3.8) is 0 Å². The van der Waals surface area contributed by atoms with Crippen molar-refractivity contribution in [3.05, 3.63) is 42.0 Å². The van der Waals surface area contributed by atoms with Gasteiger partial charge in [0.2, 0.25) is 11.8 Å². The minimum atomic E-state index is -0.590. The third kappa shape index (κ3) is 2.90. The van der Waals surface area contributed by atoms with Gasteiger partial charge in [-0.3, -0.25) is 9.59 Å². The van der Waals surface area contributed by atoms with Crippen LogP contribution in [0.2, 0.25) is 0 Å². The fraction of sp³-hybridized carbons (Fsp3) is 0.312. The molecule has 1 aromatic heterocycles. The van der Waals surface area contributed by atoms with Crippen molar-refractivity contribution in [2.75, 3.05) is 12.4 Å². The molecule has 0 radical (unpaired) electrons. The van der Waals surface area contributed by atoms with Gasteiger partial charge in [0.05, 0.1) is 37.1 Å². The van der Waals surface area contributed by atoms with Crippen LogP contribution < -0.4 is 10.1 Å². The highest BCUT2D eigenvalue weighted by Gasteiger charge is 2.34. The topological polar surface area (TPSA) is 87.3 Å². The number of nitrogens with zero attached hydrogens (tertiary/aromatic N) is 2. The number of aromatic nitrogens is 2. The summed E-state index contributed by atoms with van der Waals surface area (Å²) in [6.45, 7) is 1.82. The molecule has 2 N–H and O–H groups in total. The smallest absolute Gasteiger partial charge is 0.247 e. The first kappa shape index (κ1) is 15.1. The van der Waals surface area contributed by atoms with Crippen molar-refractivity contribution >= 4 is 17.5 Å².